The van der Waals surface area contributed by atoms with Crippen molar-refractivity contribution in [1.82, 2.24) is 10.2 Å². The second-order valence-corrected chi connectivity index (χ2v) is 5.01. The van der Waals surface area contributed by atoms with Gasteiger partial charge in [0.25, 0.3) is 5.91 Å². The van der Waals surface area contributed by atoms with Gasteiger partial charge in [-0.1, -0.05) is 17.7 Å². The summed E-state index contributed by atoms with van der Waals surface area (Å²) in [5.74, 6) is -0.0653. The number of carbonyl (C=O) groups is 1. The molecular weight excluding hydrogens is 264 g/mol. The number of benzene rings is 1. The molecule has 1 saturated heterocycles. The van der Waals surface area contributed by atoms with Crippen LogP contribution in [0.2, 0.25) is 5.02 Å². The number of amides is 1. The molecule has 1 fully saturated rings. The third-order valence-electron chi connectivity index (χ3n) is 3.13. The number of hydrogen-bond donors (Lipinski definition) is 1. The van der Waals surface area contributed by atoms with Crippen LogP contribution < -0.4 is 5.32 Å². The Morgan fingerprint density at radius 3 is 2.89 bits per heavy atom. The predicted molar refractivity (Wildman–Crippen MR) is 75.7 cm³/mol. The predicted octanol–water partition coefficient (Wildman–Crippen LogP) is 1.79. The minimum Gasteiger partial charge on any atom is -0.379 e. The minimum absolute atomic E-state index is 0.0653. The van der Waals surface area contributed by atoms with Crippen LogP contribution in [0.4, 0.5) is 0 Å². The van der Waals surface area contributed by atoms with Crippen molar-refractivity contribution in [2.45, 2.75) is 6.42 Å². The van der Waals surface area contributed by atoms with E-state index in [9.17, 15) is 4.79 Å². The van der Waals surface area contributed by atoms with E-state index in [-0.39, 0.29) is 5.91 Å². The fraction of sp³-hybridized carbons (Fsp3) is 0.500. The van der Waals surface area contributed by atoms with E-state index in [0.717, 1.165) is 39.3 Å². The van der Waals surface area contributed by atoms with Crippen LogP contribution in [-0.4, -0.2) is 50.2 Å². The Hall–Kier alpha value is -1.10. The Labute approximate surface area is 118 Å². The summed E-state index contributed by atoms with van der Waals surface area (Å²) in [6, 6.07) is 6.99. The zero-order valence-electron chi connectivity index (χ0n) is 10.9. The first kappa shape index (κ1) is 14.3. The topological polar surface area (TPSA) is 41.6 Å². The summed E-state index contributed by atoms with van der Waals surface area (Å²) < 4.78 is 5.29. The molecule has 1 aromatic carbocycles. The van der Waals surface area contributed by atoms with E-state index in [0.29, 0.717) is 17.1 Å². The summed E-state index contributed by atoms with van der Waals surface area (Å²) in [6.07, 6.45) is 0.951. The van der Waals surface area contributed by atoms with Crippen LogP contribution in [0.1, 0.15) is 16.8 Å². The molecule has 0 saturated carbocycles. The van der Waals surface area contributed by atoms with Crippen molar-refractivity contribution in [2.75, 3.05) is 39.4 Å². The highest BCUT2D eigenvalue weighted by Gasteiger charge is 2.10. The second-order valence-electron chi connectivity index (χ2n) is 4.57. The molecule has 104 valence electrons. The number of nitrogens with one attached hydrogen (secondary N) is 1. The fourth-order valence-corrected chi connectivity index (χ4v) is 2.25. The lowest BCUT2D eigenvalue weighted by Gasteiger charge is -2.26. The van der Waals surface area contributed by atoms with Gasteiger partial charge < -0.3 is 10.1 Å². The molecule has 1 aliphatic heterocycles. The number of nitrogens with zero attached hydrogens (tertiary/aromatic N) is 1. The summed E-state index contributed by atoms with van der Waals surface area (Å²) in [5, 5.41) is 3.49. The third-order valence-corrected chi connectivity index (χ3v) is 3.36. The monoisotopic (exact) mass is 282 g/mol. The van der Waals surface area contributed by atoms with Crippen LogP contribution in [0.15, 0.2) is 24.3 Å². The van der Waals surface area contributed by atoms with Gasteiger partial charge >= 0.3 is 0 Å². The smallest absolute Gasteiger partial charge is 0.251 e. The minimum atomic E-state index is -0.0653. The van der Waals surface area contributed by atoms with Gasteiger partial charge in [0.2, 0.25) is 0 Å². The molecule has 1 aliphatic rings. The van der Waals surface area contributed by atoms with E-state index < -0.39 is 0 Å². The van der Waals surface area contributed by atoms with E-state index >= 15 is 0 Å². The quantitative estimate of drug-likeness (QED) is 0.837. The fourth-order valence-electron chi connectivity index (χ4n) is 2.06. The maximum Gasteiger partial charge on any atom is 0.251 e. The normalized spacial score (nSPS) is 16.3. The summed E-state index contributed by atoms with van der Waals surface area (Å²) in [4.78, 5) is 14.2. The molecule has 1 heterocycles. The zero-order chi connectivity index (χ0) is 13.5. The maximum atomic E-state index is 11.8. The van der Waals surface area contributed by atoms with Crippen molar-refractivity contribution in [2.24, 2.45) is 0 Å². The summed E-state index contributed by atoms with van der Waals surface area (Å²) in [7, 11) is 0. The van der Waals surface area contributed by atoms with Crippen LogP contribution in [0.3, 0.4) is 0 Å². The van der Waals surface area contributed by atoms with Gasteiger partial charge in [-0.05, 0) is 31.2 Å². The lowest BCUT2D eigenvalue weighted by Crippen LogP contribution is -2.38. The van der Waals surface area contributed by atoms with E-state index in [1.807, 2.05) is 0 Å². The van der Waals surface area contributed by atoms with Crippen molar-refractivity contribution in [3.8, 4) is 0 Å². The van der Waals surface area contributed by atoms with E-state index in [2.05, 4.69) is 10.2 Å². The van der Waals surface area contributed by atoms with Crippen LogP contribution >= 0.6 is 11.6 Å². The van der Waals surface area contributed by atoms with E-state index in [4.69, 9.17) is 16.3 Å². The number of hydrogen-bond acceptors (Lipinski definition) is 3. The van der Waals surface area contributed by atoms with Gasteiger partial charge in [-0.3, -0.25) is 9.69 Å². The lowest BCUT2D eigenvalue weighted by molar-refractivity contribution is 0.0374. The van der Waals surface area contributed by atoms with Crippen molar-refractivity contribution in [3.05, 3.63) is 34.9 Å². The van der Waals surface area contributed by atoms with Gasteiger partial charge in [0, 0.05) is 30.2 Å². The third kappa shape index (κ3) is 4.82. The molecule has 0 bridgehead atoms. The molecule has 0 aliphatic carbocycles. The highest BCUT2D eigenvalue weighted by molar-refractivity contribution is 6.30. The van der Waals surface area contributed by atoms with Gasteiger partial charge in [-0.25, -0.2) is 0 Å². The zero-order valence-corrected chi connectivity index (χ0v) is 11.7. The van der Waals surface area contributed by atoms with Crippen molar-refractivity contribution in [3.63, 3.8) is 0 Å². The van der Waals surface area contributed by atoms with Gasteiger partial charge in [0.1, 0.15) is 0 Å². The highest BCUT2D eigenvalue weighted by Crippen LogP contribution is 2.10. The first-order valence-electron chi connectivity index (χ1n) is 6.59. The lowest BCUT2D eigenvalue weighted by atomic mass is 10.2. The summed E-state index contributed by atoms with van der Waals surface area (Å²) >= 11 is 5.85. The van der Waals surface area contributed by atoms with Crippen molar-refractivity contribution < 1.29 is 9.53 Å². The van der Waals surface area contributed by atoms with Gasteiger partial charge in [-0.15, -0.1) is 0 Å². The number of rotatable bonds is 5. The largest absolute Gasteiger partial charge is 0.379 e. The highest BCUT2D eigenvalue weighted by atomic mass is 35.5. The van der Waals surface area contributed by atoms with E-state index in [1.165, 1.54) is 0 Å². The molecule has 1 amide bonds. The first-order chi connectivity index (χ1) is 9.25. The molecule has 4 nitrogen and oxygen atoms in total. The SMILES string of the molecule is O=C(NCCCN1CCOCC1)c1cccc(Cl)c1. The first-order valence-corrected chi connectivity index (χ1v) is 6.97. The Kier molecular flexibility index (Phi) is 5.63. The number of carbonyl (C=O) groups excluding carboxylic acids is 1. The Morgan fingerprint density at radius 1 is 1.37 bits per heavy atom. The second kappa shape index (κ2) is 7.48. The number of ether oxygens (including phenoxy) is 1. The standard InChI is InChI=1S/C14H19ClN2O2/c15-13-4-1-3-12(11-13)14(18)16-5-2-6-17-7-9-19-10-8-17/h1,3-4,11H,2,5-10H2,(H,16,18). The molecule has 1 N–H and O–H groups in total. The number of morpholine rings is 1. The van der Waals surface area contributed by atoms with Crippen LogP contribution in [0.25, 0.3) is 0 Å². The Morgan fingerprint density at radius 2 is 2.16 bits per heavy atom. The molecule has 0 radical (unpaired) electrons. The van der Waals surface area contributed by atoms with E-state index in [1.54, 1.807) is 24.3 Å². The average molecular weight is 283 g/mol. The summed E-state index contributed by atoms with van der Waals surface area (Å²) in [5.41, 5.74) is 0.610. The van der Waals surface area contributed by atoms with Crippen LogP contribution in [0, 0.1) is 0 Å². The van der Waals surface area contributed by atoms with Gasteiger partial charge in [-0.2, -0.15) is 0 Å². The molecule has 5 heteroatoms. The Bertz CT molecular complexity index is 420. The van der Waals surface area contributed by atoms with Crippen LogP contribution in [-0.2, 0) is 4.74 Å². The molecule has 0 spiro atoms. The van der Waals surface area contributed by atoms with Gasteiger partial charge in [0.15, 0.2) is 0 Å². The van der Waals surface area contributed by atoms with Crippen molar-refractivity contribution >= 4 is 17.5 Å². The maximum absolute atomic E-state index is 11.8. The van der Waals surface area contributed by atoms with Crippen molar-refractivity contribution in [1.29, 1.82) is 0 Å². The average Bonchev–Trinajstić information content (AvgIpc) is 2.44. The molecule has 2 rings (SSSR count). The molecule has 0 atom stereocenters. The number of halogens is 1. The molecule has 0 aromatic heterocycles. The molecule has 0 unspecified atom stereocenters. The Balaban J connectivity index is 1.66. The molecule has 1 aromatic rings. The van der Waals surface area contributed by atoms with Crippen LogP contribution in [0.5, 0.6) is 0 Å². The summed E-state index contributed by atoms with van der Waals surface area (Å²) in [6.45, 7) is 5.29. The van der Waals surface area contributed by atoms with Gasteiger partial charge in [0.05, 0.1) is 13.2 Å². The molecule has 19 heavy (non-hydrogen) atoms. The molecular formula is C14H19ClN2O2.